The van der Waals surface area contributed by atoms with Crippen molar-refractivity contribution in [2.24, 2.45) is 0 Å². The van der Waals surface area contributed by atoms with E-state index in [1.807, 2.05) is 30.6 Å². The molecule has 2 saturated heterocycles. The van der Waals surface area contributed by atoms with Crippen molar-refractivity contribution in [3.05, 3.63) is 0 Å². The van der Waals surface area contributed by atoms with Crippen molar-refractivity contribution in [2.75, 3.05) is 13.1 Å². The average molecular weight is 281 g/mol. The fraction of sp³-hybridized carbons (Fsp3) is 0.867. The average Bonchev–Trinajstić information content (AvgIpc) is 2.70. The zero-order valence-electron chi connectivity index (χ0n) is 13.1. The number of nitrogens with zero attached hydrogens (tertiary/aromatic N) is 2. The summed E-state index contributed by atoms with van der Waals surface area (Å²) in [5.74, 6) is 0.134. The third-order valence-corrected chi connectivity index (χ3v) is 4.33. The van der Waals surface area contributed by atoms with Gasteiger partial charge in [0.15, 0.2) is 0 Å². The molecule has 2 atom stereocenters. The number of rotatable bonds is 1. The van der Waals surface area contributed by atoms with Crippen LogP contribution in [-0.2, 0) is 4.79 Å². The largest absolute Gasteiger partial charge is 0.336 e. The van der Waals surface area contributed by atoms with Crippen molar-refractivity contribution >= 4 is 11.9 Å². The first kappa shape index (κ1) is 15.1. The van der Waals surface area contributed by atoms with Crippen molar-refractivity contribution in [3.63, 3.8) is 0 Å². The van der Waals surface area contributed by atoms with Crippen LogP contribution >= 0.6 is 0 Å². The highest BCUT2D eigenvalue weighted by Gasteiger charge is 2.37. The van der Waals surface area contributed by atoms with Gasteiger partial charge in [-0.2, -0.15) is 0 Å². The molecule has 2 aliphatic rings. The number of carbonyl (C=O) groups excluding carboxylic acids is 2. The van der Waals surface area contributed by atoms with E-state index >= 15 is 0 Å². The number of carbonyl (C=O) groups is 2. The Labute approximate surface area is 121 Å². The van der Waals surface area contributed by atoms with Gasteiger partial charge in [-0.3, -0.25) is 4.79 Å². The van der Waals surface area contributed by atoms with Crippen LogP contribution < -0.4 is 5.32 Å². The maximum absolute atomic E-state index is 12.3. The molecule has 0 bridgehead atoms. The lowest BCUT2D eigenvalue weighted by Gasteiger charge is -2.35. The summed E-state index contributed by atoms with van der Waals surface area (Å²) in [6, 6.07) is 0.244. The lowest BCUT2D eigenvalue weighted by Crippen LogP contribution is -2.51. The zero-order valence-corrected chi connectivity index (χ0v) is 13.1. The second-order valence-electron chi connectivity index (χ2n) is 7.06. The minimum absolute atomic E-state index is 0.00856. The van der Waals surface area contributed by atoms with E-state index in [1.54, 1.807) is 0 Å². The molecule has 5 heteroatoms. The van der Waals surface area contributed by atoms with Crippen LogP contribution in [0.5, 0.6) is 0 Å². The fourth-order valence-electron chi connectivity index (χ4n) is 3.11. The van der Waals surface area contributed by atoms with Crippen LogP contribution in [0.25, 0.3) is 0 Å². The number of urea groups is 1. The molecule has 1 N–H and O–H groups in total. The van der Waals surface area contributed by atoms with Gasteiger partial charge in [-0.1, -0.05) is 0 Å². The first-order chi connectivity index (χ1) is 9.29. The van der Waals surface area contributed by atoms with Crippen LogP contribution in [0.15, 0.2) is 0 Å². The highest BCUT2D eigenvalue weighted by molar-refractivity contribution is 5.82. The van der Waals surface area contributed by atoms with Gasteiger partial charge in [0.05, 0.1) is 6.04 Å². The second kappa shape index (κ2) is 5.62. The Morgan fingerprint density at radius 2 is 2.00 bits per heavy atom. The van der Waals surface area contributed by atoms with Gasteiger partial charge in [-0.05, 0) is 47.0 Å². The van der Waals surface area contributed by atoms with Gasteiger partial charge in [0.25, 0.3) is 0 Å². The number of hydrogen-bond acceptors (Lipinski definition) is 2. The molecule has 2 heterocycles. The molecule has 0 aromatic rings. The van der Waals surface area contributed by atoms with Crippen molar-refractivity contribution in [2.45, 2.75) is 71.0 Å². The van der Waals surface area contributed by atoms with E-state index in [9.17, 15) is 9.59 Å². The first-order valence-electron chi connectivity index (χ1n) is 7.66. The summed E-state index contributed by atoms with van der Waals surface area (Å²) in [6.07, 6.45) is 3.77. The summed E-state index contributed by atoms with van der Waals surface area (Å²) in [7, 11) is 0. The monoisotopic (exact) mass is 281 g/mol. The summed E-state index contributed by atoms with van der Waals surface area (Å²) in [5, 5.41) is 3.04. The summed E-state index contributed by atoms with van der Waals surface area (Å²) in [4.78, 5) is 28.1. The first-order valence-corrected chi connectivity index (χ1v) is 7.66. The standard InChI is InChI=1S/C15H27N3O2/c1-11-7-5-6-8-17(11)14(20)16-12-9-13(19)18(10-12)15(2,3)4/h11-12H,5-10H2,1-4H3,(H,16,20). The van der Waals surface area contributed by atoms with E-state index in [1.165, 1.54) is 6.42 Å². The maximum Gasteiger partial charge on any atom is 0.317 e. The smallest absolute Gasteiger partial charge is 0.317 e. The van der Waals surface area contributed by atoms with E-state index in [0.29, 0.717) is 19.0 Å². The molecule has 3 amide bonds. The molecule has 20 heavy (non-hydrogen) atoms. The maximum atomic E-state index is 12.3. The van der Waals surface area contributed by atoms with Crippen molar-refractivity contribution in [3.8, 4) is 0 Å². The van der Waals surface area contributed by atoms with Crippen molar-refractivity contribution < 1.29 is 9.59 Å². The molecule has 0 spiro atoms. The fourth-order valence-corrected chi connectivity index (χ4v) is 3.11. The molecule has 2 fully saturated rings. The Morgan fingerprint density at radius 3 is 2.55 bits per heavy atom. The van der Waals surface area contributed by atoms with Gasteiger partial charge in [-0.15, -0.1) is 0 Å². The molecule has 2 rings (SSSR count). The van der Waals surface area contributed by atoms with Gasteiger partial charge >= 0.3 is 6.03 Å². The molecule has 0 aliphatic carbocycles. The van der Waals surface area contributed by atoms with Crippen LogP contribution in [0.2, 0.25) is 0 Å². The normalized spacial score (nSPS) is 27.9. The van der Waals surface area contributed by atoms with Gasteiger partial charge in [0.2, 0.25) is 5.91 Å². The summed E-state index contributed by atoms with van der Waals surface area (Å²) < 4.78 is 0. The summed E-state index contributed by atoms with van der Waals surface area (Å²) >= 11 is 0. The Balaban J connectivity index is 1.91. The van der Waals surface area contributed by atoms with Crippen LogP contribution in [0, 0.1) is 0 Å². The molecule has 5 nitrogen and oxygen atoms in total. The third kappa shape index (κ3) is 3.25. The minimum atomic E-state index is -0.172. The van der Waals surface area contributed by atoms with Gasteiger partial charge in [0, 0.05) is 31.1 Å². The van der Waals surface area contributed by atoms with E-state index in [-0.39, 0.29) is 23.5 Å². The molecule has 2 unspecified atom stereocenters. The third-order valence-electron chi connectivity index (χ3n) is 4.33. The zero-order chi connectivity index (χ0) is 14.9. The number of piperidine rings is 1. The van der Waals surface area contributed by atoms with E-state index < -0.39 is 0 Å². The SMILES string of the molecule is CC1CCCCN1C(=O)NC1CC(=O)N(C(C)(C)C)C1. The Hall–Kier alpha value is -1.26. The predicted octanol–water partition coefficient (Wildman–Crippen LogP) is 1.97. The topological polar surface area (TPSA) is 52.7 Å². The molecular formula is C15H27N3O2. The van der Waals surface area contributed by atoms with Crippen molar-refractivity contribution in [1.29, 1.82) is 0 Å². The number of amides is 3. The quantitative estimate of drug-likeness (QED) is 0.799. The van der Waals surface area contributed by atoms with E-state index in [4.69, 9.17) is 0 Å². The number of nitrogens with one attached hydrogen (secondary N) is 1. The van der Waals surface area contributed by atoms with Crippen LogP contribution in [0.3, 0.4) is 0 Å². The van der Waals surface area contributed by atoms with E-state index in [0.717, 1.165) is 19.4 Å². The molecule has 0 radical (unpaired) electrons. The number of likely N-dealkylation sites (tertiary alicyclic amines) is 2. The number of hydrogen-bond donors (Lipinski definition) is 1. The lowest BCUT2D eigenvalue weighted by molar-refractivity contribution is -0.131. The Kier molecular flexibility index (Phi) is 4.25. The molecule has 0 saturated carbocycles. The van der Waals surface area contributed by atoms with Gasteiger partial charge < -0.3 is 15.1 Å². The minimum Gasteiger partial charge on any atom is -0.336 e. The summed E-state index contributed by atoms with van der Waals surface area (Å²) in [6.45, 7) is 9.64. The molecule has 0 aromatic heterocycles. The second-order valence-corrected chi connectivity index (χ2v) is 7.06. The highest BCUT2D eigenvalue weighted by Crippen LogP contribution is 2.22. The lowest BCUT2D eigenvalue weighted by atomic mass is 10.0. The van der Waals surface area contributed by atoms with Crippen LogP contribution in [0.1, 0.15) is 53.4 Å². The van der Waals surface area contributed by atoms with Crippen LogP contribution in [-0.4, -0.2) is 52.5 Å². The Bertz CT molecular complexity index is 389. The van der Waals surface area contributed by atoms with E-state index in [2.05, 4.69) is 12.2 Å². The molecule has 2 aliphatic heterocycles. The van der Waals surface area contributed by atoms with Gasteiger partial charge in [0.1, 0.15) is 0 Å². The predicted molar refractivity (Wildman–Crippen MR) is 78.4 cm³/mol. The highest BCUT2D eigenvalue weighted by atomic mass is 16.2. The summed E-state index contributed by atoms with van der Waals surface area (Å²) in [5.41, 5.74) is -0.172. The van der Waals surface area contributed by atoms with Crippen molar-refractivity contribution in [1.82, 2.24) is 15.1 Å². The molecule has 0 aromatic carbocycles. The van der Waals surface area contributed by atoms with Gasteiger partial charge in [-0.25, -0.2) is 4.79 Å². The molecule has 114 valence electrons. The molecular weight excluding hydrogens is 254 g/mol. The Morgan fingerprint density at radius 1 is 1.30 bits per heavy atom. The van der Waals surface area contributed by atoms with Crippen LogP contribution in [0.4, 0.5) is 4.79 Å².